The van der Waals surface area contributed by atoms with Crippen LogP contribution < -0.4 is 0 Å². The third kappa shape index (κ3) is 4.41. The zero-order valence-corrected chi connectivity index (χ0v) is 13.6. The summed E-state index contributed by atoms with van der Waals surface area (Å²) in [4.78, 5) is 22.7. The minimum absolute atomic E-state index is 0.0316. The molecule has 1 aliphatic rings. The predicted molar refractivity (Wildman–Crippen MR) is 76.1 cm³/mol. The van der Waals surface area contributed by atoms with Gasteiger partial charge in [-0.25, -0.2) is 12.7 Å². The van der Waals surface area contributed by atoms with Crippen LogP contribution in [0.1, 0.15) is 27.2 Å². The Balaban J connectivity index is 2.91. The van der Waals surface area contributed by atoms with Gasteiger partial charge in [0.2, 0.25) is 10.0 Å². The van der Waals surface area contributed by atoms with Gasteiger partial charge in [0.1, 0.15) is 0 Å². The summed E-state index contributed by atoms with van der Waals surface area (Å²) in [5.74, 6) is -2.73. The number of carboxylic acid groups (broad SMARTS) is 1. The Hall–Kier alpha value is -1.15. The van der Waals surface area contributed by atoms with Crippen molar-refractivity contribution in [2.24, 2.45) is 17.3 Å². The molecule has 7 nitrogen and oxygen atoms in total. The van der Waals surface area contributed by atoms with E-state index in [1.54, 1.807) is 0 Å². The van der Waals surface area contributed by atoms with Gasteiger partial charge in [-0.05, 0) is 26.2 Å². The quantitative estimate of drug-likeness (QED) is 0.742. The van der Waals surface area contributed by atoms with Crippen LogP contribution in [0.15, 0.2) is 0 Å². The van der Waals surface area contributed by atoms with Crippen LogP contribution in [0.5, 0.6) is 0 Å². The Bertz CT molecular complexity index is 513. The topological polar surface area (TPSA) is 101 Å². The molecule has 1 saturated heterocycles. The van der Waals surface area contributed by atoms with Gasteiger partial charge in [0.15, 0.2) is 0 Å². The van der Waals surface area contributed by atoms with Gasteiger partial charge in [0.05, 0.1) is 24.2 Å². The van der Waals surface area contributed by atoms with E-state index in [1.807, 2.05) is 6.92 Å². The molecule has 1 N–H and O–H groups in total. The fourth-order valence-corrected chi connectivity index (χ4v) is 4.69. The number of aliphatic carboxylic acids is 1. The van der Waals surface area contributed by atoms with Gasteiger partial charge in [-0.3, -0.25) is 9.59 Å². The monoisotopic (exact) mass is 321 g/mol. The molecular formula is C13H23NO6S. The number of carbonyl (C=O) groups is 2. The predicted octanol–water partition coefficient (Wildman–Crippen LogP) is 0.558. The van der Waals surface area contributed by atoms with Crippen molar-refractivity contribution < 1.29 is 27.9 Å². The second-order valence-corrected chi connectivity index (χ2v) is 8.29. The molecule has 0 spiro atoms. The number of nitrogens with zero attached hydrogens (tertiary/aromatic N) is 1. The lowest BCUT2D eigenvalue weighted by Gasteiger charge is -2.35. The molecule has 2 unspecified atom stereocenters. The number of ether oxygens (including phenoxy) is 1. The van der Waals surface area contributed by atoms with Crippen molar-refractivity contribution in [1.82, 2.24) is 4.31 Å². The van der Waals surface area contributed by atoms with E-state index in [-0.39, 0.29) is 19.0 Å². The molecule has 21 heavy (non-hydrogen) atoms. The number of sulfonamides is 1. The average molecular weight is 321 g/mol. The first-order valence-electron chi connectivity index (χ1n) is 6.78. The molecular weight excluding hydrogens is 298 g/mol. The minimum Gasteiger partial charge on any atom is -0.481 e. The van der Waals surface area contributed by atoms with Crippen LogP contribution in [0.25, 0.3) is 0 Å². The highest BCUT2D eigenvalue weighted by molar-refractivity contribution is 7.89. The number of carbonyl (C=O) groups excluding carboxylic acids is 1. The maximum Gasteiger partial charge on any atom is 0.312 e. The molecule has 0 radical (unpaired) electrons. The SMILES string of the molecule is COC(=O)C(C)(C)CS(=O)(=O)N1CC(C)CC(C(=O)O)C1. The van der Waals surface area contributed by atoms with Crippen LogP contribution in [0.3, 0.4) is 0 Å². The molecule has 0 aromatic rings. The zero-order valence-electron chi connectivity index (χ0n) is 12.8. The second-order valence-electron chi connectivity index (χ2n) is 6.32. The summed E-state index contributed by atoms with van der Waals surface area (Å²) in [6.45, 7) is 5.06. The van der Waals surface area contributed by atoms with E-state index in [2.05, 4.69) is 4.74 Å². The van der Waals surface area contributed by atoms with E-state index in [0.29, 0.717) is 6.42 Å². The number of carboxylic acids is 1. The van der Waals surface area contributed by atoms with E-state index in [9.17, 15) is 18.0 Å². The number of hydrogen-bond acceptors (Lipinski definition) is 5. The lowest BCUT2D eigenvalue weighted by molar-refractivity contribution is -0.149. The molecule has 0 amide bonds. The van der Waals surface area contributed by atoms with Crippen molar-refractivity contribution in [2.45, 2.75) is 27.2 Å². The Morgan fingerprint density at radius 3 is 2.38 bits per heavy atom. The third-order valence-electron chi connectivity index (χ3n) is 3.65. The fourth-order valence-electron chi connectivity index (χ4n) is 2.59. The van der Waals surface area contributed by atoms with Crippen LogP contribution in [0.2, 0.25) is 0 Å². The second kappa shape index (κ2) is 6.31. The van der Waals surface area contributed by atoms with Crippen LogP contribution in [0.4, 0.5) is 0 Å². The van der Waals surface area contributed by atoms with E-state index in [1.165, 1.54) is 25.3 Å². The van der Waals surface area contributed by atoms with Gasteiger partial charge >= 0.3 is 11.9 Å². The lowest BCUT2D eigenvalue weighted by Crippen LogP contribution is -2.48. The molecule has 122 valence electrons. The van der Waals surface area contributed by atoms with Gasteiger partial charge in [-0.15, -0.1) is 0 Å². The van der Waals surface area contributed by atoms with Crippen LogP contribution >= 0.6 is 0 Å². The number of esters is 1. The highest BCUT2D eigenvalue weighted by Gasteiger charge is 2.41. The Morgan fingerprint density at radius 1 is 1.33 bits per heavy atom. The molecule has 8 heteroatoms. The number of hydrogen-bond donors (Lipinski definition) is 1. The summed E-state index contributed by atoms with van der Waals surface area (Å²) < 4.78 is 30.7. The summed E-state index contributed by atoms with van der Waals surface area (Å²) in [5, 5.41) is 9.10. The molecule has 1 aliphatic heterocycles. The smallest absolute Gasteiger partial charge is 0.312 e. The largest absolute Gasteiger partial charge is 0.481 e. The van der Waals surface area contributed by atoms with Gasteiger partial charge in [0, 0.05) is 13.1 Å². The maximum absolute atomic E-state index is 12.5. The summed E-state index contributed by atoms with van der Waals surface area (Å²) >= 11 is 0. The fraction of sp³-hybridized carbons (Fsp3) is 0.846. The summed E-state index contributed by atoms with van der Waals surface area (Å²) in [5.41, 5.74) is -1.17. The van der Waals surface area contributed by atoms with Crippen molar-refractivity contribution in [3.8, 4) is 0 Å². The average Bonchev–Trinajstić information content (AvgIpc) is 2.35. The molecule has 0 bridgehead atoms. The lowest BCUT2D eigenvalue weighted by atomic mass is 9.92. The molecule has 1 fully saturated rings. The van der Waals surface area contributed by atoms with Crippen molar-refractivity contribution in [3.63, 3.8) is 0 Å². The van der Waals surface area contributed by atoms with E-state index in [0.717, 1.165) is 0 Å². The standard InChI is InChI=1S/C13H23NO6S/c1-9-5-10(11(15)16)7-14(6-9)21(18,19)8-13(2,3)12(17)20-4/h9-10H,5-8H2,1-4H3,(H,15,16). The van der Waals surface area contributed by atoms with Crippen molar-refractivity contribution in [3.05, 3.63) is 0 Å². The maximum atomic E-state index is 12.5. The first-order valence-corrected chi connectivity index (χ1v) is 8.39. The molecule has 1 rings (SSSR count). The minimum atomic E-state index is -3.73. The number of piperidine rings is 1. The number of rotatable bonds is 5. The highest BCUT2D eigenvalue weighted by Crippen LogP contribution is 2.27. The van der Waals surface area contributed by atoms with Gasteiger partial charge < -0.3 is 9.84 Å². The van der Waals surface area contributed by atoms with Gasteiger partial charge in [-0.1, -0.05) is 6.92 Å². The molecule has 0 aliphatic carbocycles. The van der Waals surface area contributed by atoms with Gasteiger partial charge in [0.25, 0.3) is 0 Å². The zero-order chi connectivity index (χ0) is 16.4. The van der Waals surface area contributed by atoms with E-state index >= 15 is 0 Å². The molecule has 2 atom stereocenters. The summed E-state index contributed by atoms with van der Waals surface area (Å²) in [7, 11) is -2.52. The molecule has 1 heterocycles. The first-order chi connectivity index (χ1) is 9.49. The van der Waals surface area contributed by atoms with E-state index in [4.69, 9.17) is 5.11 Å². The van der Waals surface area contributed by atoms with Crippen LogP contribution in [0, 0.1) is 17.3 Å². The Kier molecular flexibility index (Phi) is 5.38. The van der Waals surface area contributed by atoms with E-state index < -0.39 is 39.0 Å². The van der Waals surface area contributed by atoms with Gasteiger partial charge in [-0.2, -0.15) is 0 Å². The molecule has 0 aromatic carbocycles. The molecule has 0 aromatic heterocycles. The summed E-state index contributed by atoms with van der Waals surface area (Å²) in [6, 6.07) is 0. The van der Waals surface area contributed by atoms with Crippen LogP contribution in [-0.2, 0) is 24.3 Å². The summed E-state index contributed by atoms with van der Waals surface area (Å²) in [6.07, 6.45) is 0.460. The van der Waals surface area contributed by atoms with Crippen molar-refractivity contribution >= 4 is 22.0 Å². The molecule has 0 saturated carbocycles. The third-order valence-corrected chi connectivity index (χ3v) is 5.82. The van der Waals surface area contributed by atoms with Crippen LogP contribution in [-0.4, -0.2) is 55.7 Å². The Morgan fingerprint density at radius 2 is 1.90 bits per heavy atom. The highest BCUT2D eigenvalue weighted by atomic mass is 32.2. The Labute approximate surface area is 125 Å². The number of methoxy groups -OCH3 is 1. The van der Waals surface area contributed by atoms with Crippen molar-refractivity contribution in [2.75, 3.05) is 26.0 Å². The normalized spacial score (nSPS) is 24.6. The first kappa shape index (κ1) is 17.9. The van der Waals surface area contributed by atoms with Crippen molar-refractivity contribution in [1.29, 1.82) is 0 Å².